The largest absolute Gasteiger partial charge is 0.454 e. The van der Waals surface area contributed by atoms with E-state index in [0.29, 0.717) is 22.7 Å². The molecule has 10 nitrogen and oxygen atoms in total. The molecule has 0 radical (unpaired) electrons. The number of nitrogens with zero attached hydrogens (tertiary/aromatic N) is 2. The van der Waals surface area contributed by atoms with Gasteiger partial charge in [-0.1, -0.05) is 0 Å². The van der Waals surface area contributed by atoms with E-state index in [4.69, 9.17) is 9.47 Å². The number of likely N-dealkylation sites (N-methyl/N-ethyl adjacent to an activating group) is 1. The molecule has 0 saturated heterocycles. The molecule has 0 fully saturated rings. The monoisotopic (exact) mass is 432 g/mol. The van der Waals surface area contributed by atoms with E-state index in [1.165, 1.54) is 44.5 Å². The average Bonchev–Trinajstić information content (AvgIpc) is 3.15. The Kier molecular flexibility index (Phi) is 6.33. The lowest BCUT2D eigenvalue weighted by Gasteiger charge is -2.16. The topological polar surface area (TPSA) is 126 Å². The molecule has 2 N–H and O–H groups in total. The van der Waals surface area contributed by atoms with Gasteiger partial charge in [-0.2, -0.15) is 9.41 Å². The quantitative estimate of drug-likeness (QED) is 0.499. The Morgan fingerprint density at radius 1 is 1.13 bits per heavy atom. The van der Waals surface area contributed by atoms with Gasteiger partial charge >= 0.3 is 0 Å². The highest BCUT2D eigenvalue weighted by Gasteiger charge is 2.23. The summed E-state index contributed by atoms with van der Waals surface area (Å²) in [5.74, 6) is 0.349. The fourth-order valence-corrected chi connectivity index (χ4v) is 3.72. The second kappa shape index (κ2) is 8.93. The maximum absolute atomic E-state index is 12.6. The molecular weight excluding hydrogens is 412 g/mol. The van der Waals surface area contributed by atoms with Gasteiger partial charge in [-0.15, -0.1) is 0 Å². The molecule has 1 aliphatic rings. The lowest BCUT2D eigenvalue weighted by atomic mass is 10.2. The Morgan fingerprint density at radius 2 is 1.83 bits per heavy atom. The summed E-state index contributed by atoms with van der Waals surface area (Å²) in [4.78, 5) is 23.1. The minimum atomic E-state index is -3.89. The maximum Gasteiger partial charge on any atom is 0.255 e. The van der Waals surface area contributed by atoms with E-state index in [2.05, 4.69) is 15.8 Å². The summed E-state index contributed by atoms with van der Waals surface area (Å²) in [5, 5.41) is 6.38. The lowest BCUT2D eigenvalue weighted by molar-refractivity contribution is -0.121. The Hall–Kier alpha value is -3.44. The van der Waals surface area contributed by atoms with Crippen LogP contribution in [0.1, 0.15) is 12.5 Å². The molecule has 30 heavy (non-hydrogen) atoms. The molecule has 11 heteroatoms. The summed E-state index contributed by atoms with van der Waals surface area (Å²) in [7, 11) is -2.60. The first-order valence-corrected chi connectivity index (χ1v) is 10.3. The Morgan fingerprint density at radius 3 is 2.53 bits per heavy atom. The Bertz CT molecular complexity index is 1080. The van der Waals surface area contributed by atoms with Crippen LogP contribution < -0.4 is 20.2 Å². The third-order valence-corrected chi connectivity index (χ3v) is 5.87. The molecule has 0 spiro atoms. The van der Waals surface area contributed by atoms with E-state index < -0.39 is 22.5 Å². The highest BCUT2D eigenvalue weighted by Crippen LogP contribution is 2.31. The zero-order chi connectivity index (χ0) is 21.7. The van der Waals surface area contributed by atoms with Crippen LogP contribution in [0.5, 0.6) is 11.5 Å². The molecule has 1 aliphatic heterocycles. The predicted molar refractivity (Wildman–Crippen MR) is 109 cm³/mol. The molecule has 0 atom stereocenters. The SMILES string of the molecule is CC(=O)Nc1ccc(S(=O)(=O)N(C)CC(=O)N/N=C\c2ccc3c(c2)OCO3)cc1. The standard InChI is InChI=1S/C19H20N4O6S/c1-13(24)21-15-4-6-16(7-5-15)30(26,27)23(2)11-19(25)22-20-10-14-3-8-17-18(9-14)29-12-28-17/h3-10H,11-12H2,1-2H3,(H,21,24)(H,22,25)/b20-10-. The molecule has 2 aromatic rings. The van der Waals surface area contributed by atoms with Crippen molar-refractivity contribution >= 4 is 33.7 Å². The van der Waals surface area contributed by atoms with E-state index in [1.54, 1.807) is 18.2 Å². The van der Waals surface area contributed by atoms with E-state index in [1.807, 2.05) is 0 Å². The number of nitrogens with one attached hydrogen (secondary N) is 2. The third-order valence-electron chi connectivity index (χ3n) is 4.05. The number of benzene rings is 2. The second-order valence-electron chi connectivity index (χ2n) is 6.37. The molecular formula is C19H20N4O6S. The van der Waals surface area contributed by atoms with Crippen molar-refractivity contribution in [1.82, 2.24) is 9.73 Å². The lowest BCUT2D eigenvalue weighted by Crippen LogP contribution is -2.36. The number of fused-ring (bicyclic) bond motifs is 1. The number of hydrogen-bond donors (Lipinski definition) is 2. The van der Waals surface area contributed by atoms with Gasteiger partial charge in [-0.25, -0.2) is 13.8 Å². The fourth-order valence-electron chi connectivity index (χ4n) is 2.59. The first kappa shape index (κ1) is 21.3. The van der Waals surface area contributed by atoms with Crippen LogP contribution >= 0.6 is 0 Å². The predicted octanol–water partition coefficient (Wildman–Crippen LogP) is 1.14. The average molecular weight is 432 g/mol. The van der Waals surface area contributed by atoms with Gasteiger partial charge in [-0.05, 0) is 48.0 Å². The van der Waals surface area contributed by atoms with Gasteiger partial charge in [0.1, 0.15) is 0 Å². The zero-order valence-corrected chi connectivity index (χ0v) is 17.1. The highest BCUT2D eigenvalue weighted by atomic mass is 32.2. The molecule has 3 rings (SSSR count). The summed E-state index contributed by atoms with van der Waals surface area (Å²) in [5.41, 5.74) is 3.44. The van der Waals surface area contributed by atoms with Crippen molar-refractivity contribution in [2.45, 2.75) is 11.8 Å². The minimum Gasteiger partial charge on any atom is -0.454 e. The fraction of sp³-hybridized carbons (Fsp3) is 0.211. The van der Waals surface area contributed by atoms with E-state index in [-0.39, 0.29) is 17.6 Å². The smallest absolute Gasteiger partial charge is 0.255 e. The van der Waals surface area contributed by atoms with Crippen LogP contribution in [0.25, 0.3) is 0 Å². The molecule has 2 amide bonds. The Labute approximate surface area is 173 Å². The van der Waals surface area contributed by atoms with Gasteiger partial charge in [0, 0.05) is 19.7 Å². The van der Waals surface area contributed by atoms with Crippen LogP contribution in [0.4, 0.5) is 5.69 Å². The van der Waals surface area contributed by atoms with Crippen molar-refractivity contribution < 1.29 is 27.5 Å². The van der Waals surface area contributed by atoms with Crippen LogP contribution in [0.15, 0.2) is 52.5 Å². The number of hydrogen-bond acceptors (Lipinski definition) is 7. The number of ether oxygens (including phenoxy) is 2. The van der Waals surface area contributed by atoms with Crippen LogP contribution in [0, 0.1) is 0 Å². The number of hydrazone groups is 1. The first-order valence-electron chi connectivity index (χ1n) is 8.81. The van der Waals surface area contributed by atoms with Crippen LogP contribution in [0.3, 0.4) is 0 Å². The zero-order valence-electron chi connectivity index (χ0n) is 16.3. The van der Waals surface area contributed by atoms with Crippen LogP contribution in [-0.2, 0) is 19.6 Å². The second-order valence-corrected chi connectivity index (χ2v) is 8.42. The summed E-state index contributed by atoms with van der Waals surface area (Å²) in [6.07, 6.45) is 1.41. The highest BCUT2D eigenvalue weighted by molar-refractivity contribution is 7.89. The number of amides is 2. The van der Waals surface area contributed by atoms with E-state index >= 15 is 0 Å². The van der Waals surface area contributed by atoms with Gasteiger partial charge in [0.05, 0.1) is 17.7 Å². The van der Waals surface area contributed by atoms with Crippen molar-refractivity contribution in [1.29, 1.82) is 0 Å². The minimum absolute atomic E-state index is 0.00392. The molecule has 1 heterocycles. The number of sulfonamides is 1. The molecule has 158 valence electrons. The van der Waals surface area contributed by atoms with Crippen molar-refractivity contribution in [3.8, 4) is 11.5 Å². The van der Waals surface area contributed by atoms with Crippen LogP contribution in [0.2, 0.25) is 0 Å². The van der Waals surface area contributed by atoms with Gasteiger partial charge < -0.3 is 14.8 Å². The number of carbonyl (C=O) groups is 2. The van der Waals surface area contributed by atoms with Crippen molar-refractivity contribution in [3.63, 3.8) is 0 Å². The maximum atomic E-state index is 12.6. The van der Waals surface area contributed by atoms with Crippen molar-refractivity contribution in [3.05, 3.63) is 48.0 Å². The molecule has 0 unspecified atom stereocenters. The summed E-state index contributed by atoms with van der Waals surface area (Å²) in [6.45, 7) is 1.09. The first-order chi connectivity index (χ1) is 14.3. The molecule has 2 aromatic carbocycles. The molecule has 0 bridgehead atoms. The normalized spacial score (nSPS) is 12.9. The van der Waals surface area contributed by atoms with Gasteiger partial charge in [0.25, 0.3) is 5.91 Å². The van der Waals surface area contributed by atoms with Gasteiger partial charge in [-0.3, -0.25) is 9.59 Å². The molecule has 0 aliphatic carbocycles. The summed E-state index contributed by atoms with van der Waals surface area (Å²) in [6, 6.07) is 10.8. The third kappa shape index (κ3) is 5.13. The Balaban J connectivity index is 1.57. The van der Waals surface area contributed by atoms with Crippen molar-refractivity contribution in [2.75, 3.05) is 25.7 Å². The molecule has 0 aromatic heterocycles. The molecule has 0 saturated carbocycles. The van der Waals surface area contributed by atoms with Gasteiger partial charge in [0.15, 0.2) is 11.5 Å². The number of anilines is 1. The number of rotatable bonds is 7. The van der Waals surface area contributed by atoms with Gasteiger partial charge in [0.2, 0.25) is 22.7 Å². The van der Waals surface area contributed by atoms with E-state index in [0.717, 1.165) is 4.31 Å². The summed E-state index contributed by atoms with van der Waals surface area (Å²) < 4.78 is 36.6. The van der Waals surface area contributed by atoms with E-state index in [9.17, 15) is 18.0 Å². The number of carbonyl (C=O) groups excluding carboxylic acids is 2. The van der Waals surface area contributed by atoms with Crippen molar-refractivity contribution in [2.24, 2.45) is 5.10 Å². The summed E-state index contributed by atoms with van der Waals surface area (Å²) >= 11 is 0. The van der Waals surface area contributed by atoms with Crippen LogP contribution in [-0.4, -0.2) is 51.1 Å².